The van der Waals surface area contributed by atoms with Crippen molar-refractivity contribution in [1.29, 1.82) is 0 Å². The molecular weight excluding hydrogens is 276 g/mol. The molecule has 5 atom stereocenters. The molecule has 1 aromatic rings. The molecule has 3 saturated carbocycles. The highest BCUT2D eigenvalue weighted by atomic mass is 16.2. The molecule has 0 aliphatic heterocycles. The standard InChI is InChI=1S/C19H20O3/c1-8-6-9(2)13(10(3)7-8)16-18(21)14-11-4-5-12(17(11)20)15(14)19(16)22/h6-7,11-12,14-16H,4-5H2,1-3H3/t11-,12+,14-,15+,16?. The van der Waals surface area contributed by atoms with Crippen LogP contribution in [0.2, 0.25) is 0 Å². The second-order valence-electron chi connectivity index (χ2n) is 7.29. The molecule has 0 heterocycles. The quantitative estimate of drug-likeness (QED) is 0.749. The highest BCUT2D eigenvalue weighted by Crippen LogP contribution is 2.57. The van der Waals surface area contributed by atoms with Gasteiger partial charge in [-0.05, 0) is 50.3 Å². The zero-order valence-corrected chi connectivity index (χ0v) is 13.2. The lowest BCUT2D eigenvalue weighted by Gasteiger charge is -2.19. The Morgan fingerprint density at radius 3 is 1.68 bits per heavy atom. The highest BCUT2D eigenvalue weighted by molar-refractivity contribution is 6.20. The summed E-state index contributed by atoms with van der Waals surface area (Å²) in [6.07, 6.45) is 1.59. The fourth-order valence-corrected chi connectivity index (χ4v) is 5.34. The lowest BCUT2D eigenvalue weighted by atomic mass is 9.81. The monoisotopic (exact) mass is 296 g/mol. The van der Waals surface area contributed by atoms with Gasteiger partial charge in [-0.15, -0.1) is 0 Å². The summed E-state index contributed by atoms with van der Waals surface area (Å²) in [6, 6.07) is 4.08. The number of hydrogen-bond donors (Lipinski definition) is 0. The van der Waals surface area contributed by atoms with Crippen LogP contribution < -0.4 is 0 Å². The van der Waals surface area contributed by atoms with Crippen molar-refractivity contribution in [3.63, 3.8) is 0 Å². The van der Waals surface area contributed by atoms with Crippen LogP contribution in [0.3, 0.4) is 0 Å². The minimum absolute atomic E-state index is 0.00519. The Morgan fingerprint density at radius 2 is 1.23 bits per heavy atom. The predicted octanol–water partition coefficient (Wildman–Crippen LogP) is 2.69. The molecule has 114 valence electrons. The number of fused-ring (bicyclic) bond motifs is 5. The molecule has 0 aromatic heterocycles. The Kier molecular flexibility index (Phi) is 2.76. The Balaban J connectivity index is 1.82. The van der Waals surface area contributed by atoms with Crippen molar-refractivity contribution in [1.82, 2.24) is 0 Å². The van der Waals surface area contributed by atoms with Gasteiger partial charge in [0.1, 0.15) is 11.7 Å². The summed E-state index contributed by atoms with van der Waals surface area (Å²) in [5.74, 6) is -1.46. The van der Waals surface area contributed by atoms with Gasteiger partial charge in [0.05, 0.1) is 0 Å². The maximum absolute atomic E-state index is 12.9. The fraction of sp³-hybridized carbons (Fsp3) is 0.526. The number of carbonyl (C=O) groups excluding carboxylic acids is 3. The van der Waals surface area contributed by atoms with E-state index in [2.05, 4.69) is 0 Å². The Bertz CT molecular complexity index is 675. The molecule has 0 spiro atoms. The van der Waals surface area contributed by atoms with E-state index in [0.29, 0.717) is 0 Å². The molecule has 4 rings (SSSR count). The van der Waals surface area contributed by atoms with Gasteiger partial charge in [0.2, 0.25) is 0 Å². The maximum atomic E-state index is 12.9. The van der Waals surface area contributed by atoms with Gasteiger partial charge in [0, 0.05) is 23.7 Å². The molecule has 3 aliphatic rings. The summed E-state index contributed by atoms with van der Waals surface area (Å²) in [5, 5.41) is 0. The topological polar surface area (TPSA) is 51.2 Å². The van der Waals surface area contributed by atoms with Crippen molar-refractivity contribution in [2.45, 2.75) is 39.5 Å². The lowest BCUT2D eigenvalue weighted by Crippen LogP contribution is -2.24. The zero-order valence-electron chi connectivity index (χ0n) is 13.2. The molecule has 3 aliphatic carbocycles. The van der Waals surface area contributed by atoms with Crippen molar-refractivity contribution in [2.24, 2.45) is 23.7 Å². The molecule has 22 heavy (non-hydrogen) atoms. The first-order chi connectivity index (χ1) is 10.4. The zero-order chi connectivity index (χ0) is 15.8. The minimum atomic E-state index is -0.633. The van der Waals surface area contributed by atoms with E-state index in [1.165, 1.54) is 0 Å². The molecular formula is C19H20O3. The smallest absolute Gasteiger partial charge is 0.152 e. The minimum Gasteiger partial charge on any atom is -0.299 e. The van der Waals surface area contributed by atoms with E-state index in [-0.39, 0.29) is 41.0 Å². The fourth-order valence-electron chi connectivity index (χ4n) is 5.34. The first-order valence-electron chi connectivity index (χ1n) is 8.10. The number of Topliss-reactive ketones (excluding diaryl/α,β-unsaturated/α-hetero) is 3. The largest absolute Gasteiger partial charge is 0.299 e. The number of aryl methyl sites for hydroxylation is 3. The molecule has 3 fully saturated rings. The normalized spacial score (nSPS) is 36.3. The average Bonchev–Trinajstić information content (AvgIpc) is 3.02. The summed E-state index contributed by atoms with van der Waals surface area (Å²) in [4.78, 5) is 38.1. The summed E-state index contributed by atoms with van der Waals surface area (Å²) in [5.41, 5.74) is 4.07. The molecule has 0 amide bonds. The highest BCUT2D eigenvalue weighted by Gasteiger charge is 2.65. The number of carbonyl (C=O) groups is 3. The molecule has 3 nitrogen and oxygen atoms in total. The van der Waals surface area contributed by atoms with Crippen LogP contribution in [0.4, 0.5) is 0 Å². The van der Waals surface area contributed by atoms with E-state index in [1.54, 1.807) is 0 Å². The molecule has 0 N–H and O–H groups in total. The van der Waals surface area contributed by atoms with Crippen molar-refractivity contribution in [3.8, 4) is 0 Å². The molecule has 1 unspecified atom stereocenters. The Hall–Kier alpha value is -1.77. The molecule has 0 saturated heterocycles. The van der Waals surface area contributed by atoms with Crippen molar-refractivity contribution >= 4 is 17.3 Å². The Morgan fingerprint density at radius 1 is 0.773 bits per heavy atom. The molecule has 1 aromatic carbocycles. The molecule has 3 heteroatoms. The van der Waals surface area contributed by atoms with E-state index >= 15 is 0 Å². The van der Waals surface area contributed by atoms with Gasteiger partial charge in [-0.3, -0.25) is 14.4 Å². The van der Waals surface area contributed by atoms with E-state index in [4.69, 9.17) is 0 Å². The summed E-state index contributed by atoms with van der Waals surface area (Å²) >= 11 is 0. The second kappa shape index (κ2) is 4.37. The molecule has 2 bridgehead atoms. The predicted molar refractivity (Wildman–Crippen MR) is 81.6 cm³/mol. The summed E-state index contributed by atoms with van der Waals surface area (Å²) in [7, 11) is 0. The first kappa shape index (κ1) is 13.9. The van der Waals surface area contributed by atoms with Crippen molar-refractivity contribution in [2.75, 3.05) is 0 Å². The van der Waals surface area contributed by atoms with Crippen LogP contribution >= 0.6 is 0 Å². The van der Waals surface area contributed by atoms with E-state index in [9.17, 15) is 14.4 Å². The SMILES string of the molecule is Cc1cc(C)c(C2C(=O)[C@@H]3[C@H](C2=O)[C@H]2CC[C@@H]3C2=O)c(C)c1. The maximum Gasteiger partial charge on any atom is 0.152 e. The Labute approximate surface area is 130 Å². The summed E-state index contributed by atoms with van der Waals surface area (Å²) in [6.45, 7) is 5.98. The van der Waals surface area contributed by atoms with Crippen LogP contribution in [0.5, 0.6) is 0 Å². The van der Waals surface area contributed by atoms with Gasteiger partial charge in [-0.1, -0.05) is 17.7 Å². The van der Waals surface area contributed by atoms with E-state index in [1.807, 2.05) is 32.9 Å². The lowest BCUT2D eigenvalue weighted by molar-refractivity contribution is -0.130. The summed E-state index contributed by atoms with van der Waals surface area (Å²) < 4.78 is 0. The van der Waals surface area contributed by atoms with Gasteiger partial charge >= 0.3 is 0 Å². The number of benzene rings is 1. The average molecular weight is 296 g/mol. The van der Waals surface area contributed by atoms with Gasteiger partial charge in [-0.25, -0.2) is 0 Å². The first-order valence-corrected chi connectivity index (χ1v) is 8.10. The van der Waals surface area contributed by atoms with Crippen LogP contribution in [0.25, 0.3) is 0 Å². The van der Waals surface area contributed by atoms with E-state index < -0.39 is 5.92 Å². The molecule has 0 radical (unpaired) electrons. The number of rotatable bonds is 1. The van der Waals surface area contributed by atoms with Gasteiger partial charge in [-0.2, -0.15) is 0 Å². The third-order valence-electron chi connectivity index (χ3n) is 6.03. The number of ketones is 3. The van der Waals surface area contributed by atoms with Gasteiger partial charge in [0.15, 0.2) is 11.6 Å². The van der Waals surface area contributed by atoms with E-state index in [0.717, 1.165) is 35.1 Å². The van der Waals surface area contributed by atoms with Gasteiger partial charge < -0.3 is 0 Å². The van der Waals surface area contributed by atoms with Crippen LogP contribution in [0.1, 0.15) is 41.0 Å². The van der Waals surface area contributed by atoms with Crippen molar-refractivity contribution in [3.05, 3.63) is 34.4 Å². The van der Waals surface area contributed by atoms with Crippen molar-refractivity contribution < 1.29 is 14.4 Å². The van der Waals surface area contributed by atoms with Crippen LogP contribution in [-0.4, -0.2) is 17.3 Å². The second-order valence-corrected chi connectivity index (χ2v) is 7.29. The number of hydrogen-bond acceptors (Lipinski definition) is 3. The van der Waals surface area contributed by atoms with Crippen LogP contribution in [-0.2, 0) is 14.4 Å². The van der Waals surface area contributed by atoms with Crippen LogP contribution in [0.15, 0.2) is 12.1 Å². The van der Waals surface area contributed by atoms with Gasteiger partial charge in [0.25, 0.3) is 0 Å². The van der Waals surface area contributed by atoms with Crippen LogP contribution in [0, 0.1) is 44.4 Å². The third kappa shape index (κ3) is 1.54. The third-order valence-corrected chi connectivity index (χ3v) is 6.03.